The molecule has 2 heterocycles. The van der Waals surface area contributed by atoms with E-state index >= 15 is 0 Å². The molecule has 3 aromatic rings. The summed E-state index contributed by atoms with van der Waals surface area (Å²) in [7, 11) is 1.92. The highest BCUT2D eigenvalue weighted by Gasteiger charge is 2.18. The highest BCUT2D eigenvalue weighted by Crippen LogP contribution is 2.34. The molecule has 2 amide bonds. The minimum atomic E-state index is -0.222. The molecule has 1 fully saturated rings. The second-order valence-electron chi connectivity index (χ2n) is 7.66. The molecule has 0 aliphatic carbocycles. The normalized spacial score (nSPS) is 14.6. The van der Waals surface area contributed by atoms with Gasteiger partial charge in [0.1, 0.15) is 0 Å². The van der Waals surface area contributed by atoms with E-state index in [9.17, 15) is 4.79 Å². The lowest BCUT2D eigenvalue weighted by Crippen LogP contribution is -2.31. The Balaban J connectivity index is 1.59. The number of hydrogen-bond donors (Lipinski definition) is 2. The van der Waals surface area contributed by atoms with Crippen molar-refractivity contribution >= 4 is 33.3 Å². The van der Waals surface area contributed by atoms with Crippen LogP contribution < -0.4 is 15.5 Å². The summed E-state index contributed by atoms with van der Waals surface area (Å²) < 4.78 is 2.77. The van der Waals surface area contributed by atoms with E-state index in [-0.39, 0.29) is 12.1 Å². The van der Waals surface area contributed by atoms with E-state index in [1.807, 2.05) is 61.1 Å². The Morgan fingerprint density at radius 2 is 1.87 bits per heavy atom. The maximum Gasteiger partial charge on any atom is 0.319 e. The van der Waals surface area contributed by atoms with E-state index < -0.39 is 0 Å². The zero-order valence-electron chi connectivity index (χ0n) is 17.2. The average Bonchev–Trinajstić information content (AvgIpc) is 3.38. The molecule has 2 aromatic carbocycles. The average molecular weight is 468 g/mol. The summed E-state index contributed by atoms with van der Waals surface area (Å²) in [6, 6.07) is 15.8. The molecule has 7 heteroatoms. The molecule has 0 radical (unpaired) electrons. The molecule has 0 saturated carbocycles. The molecule has 0 bridgehead atoms. The van der Waals surface area contributed by atoms with Gasteiger partial charge in [-0.1, -0.05) is 30.3 Å². The maximum absolute atomic E-state index is 12.7. The molecule has 156 valence electrons. The Labute approximate surface area is 185 Å². The lowest BCUT2D eigenvalue weighted by atomic mass is 10.1. The number of carbonyl (C=O) groups is 1. The Hall–Kier alpha value is -2.80. The van der Waals surface area contributed by atoms with Crippen molar-refractivity contribution in [3.8, 4) is 11.3 Å². The van der Waals surface area contributed by atoms with Crippen molar-refractivity contribution < 1.29 is 4.79 Å². The van der Waals surface area contributed by atoms with E-state index in [0.717, 1.165) is 45.8 Å². The maximum atomic E-state index is 12.7. The van der Waals surface area contributed by atoms with Crippen molar-refractivity contribution in [1.82, 2.24) is 15.1 Å². The first-order valence-electron chi connectivity index (χ1n) is 10.2. The number of anilines is 2. The van der Waals surface area contributed by atoms with Crippen molar-refractivity contribution in [2.45, 2.75) is 25.8 Å². The van der Waals surface area contributed by atoms with Gasteiger partial charge in [0.2, 0.25) is 0 Å². The molecule has 1 atom stereocenters. The van der Waals surface area contributed by atoms with Crippen LogP contribution in [0.3, 0.4) is 0 Å². The number of nitrogens with zero attached hydrogens (tertiary/aromatic N) is 3. The standard InChI is InChI=1S/C23H26BrN5O/c1-16(17-8-4-3-5-9-17)26-23(30)27-19-12-18(22-21(24)15-25-28(22)2)13-20(14-19)29-10-6-7-11-29/h3-5,8-9,12-16H,6-7,10-11H2,1-2H3,(H2,26,27,30). The summed E-state index contributed by atoms with van der Waals surface area (Å²) in [5.74, 6) is 0. The van der Waals surface area contributed by atoms with Crippen LogP contribution in [0.25, 0.3) is 11.3 Å². The van der Waals surface area contributed by atoms with Crippen molar-refractivity contribution in [2.75, 3.05) is 23.3 Å². The molecule has 1 aliphatic rings. The predicted molar refractivity (Wildman–Crippen MR) is 125 cm³/mol. The van der Waals surface area contributed by atoms with Gasteiger partial charge in [-0.15, -0.1) is 0 Å². The molecule has 6 nitrogen and oxygen atoms in total. The number of amides is 2. The van der Waals surface area contributed by atoms with Gasteiger partial charge in [0.05, 0.1) is 22.4 Å². The van der Waals surface area contributed by atoms with Gasteiger partial charge in [0.15, 0.2) is 0 Å². The van der Waals surface area contributed by atoms with Crippen molar-refractivity contribution in [1.29, 1.82) is 0 Å². The van der Waals surface area contributed by atoms with Crippen molar-refractivity contribution in [2.24, 2.45) is 7.05 Å². The number of benzene rings is 2. The van der Waals surface area contributed by atoms with Crippen LogP contribution in [-0.4, -0.2) is 28.9 Å². The fraction of sp³-hybridized carbons (Fsp3) is 0.304. The first-order valence-corrected chi connectivity index (χ1v) is 11.0. The molecule has 1 aliphatic heterocycles. The number of hydrogen-bond acceptors (Lipinski definition) is 3. The molecular formula is C23H26BrN5O. The summed E-state index contributed by atoms with van der Waals surface area (Å²) in [5.41, 5.74) is 4.94. The first-order chi connectivity index (χ1) is 14.5. The summed E-state index contributed by atoms with van der Waals surface area (Å²) >= 11 is 3.60. The molecule has 2 N–H and O–H groups in total. The third-order valence-corrected chi connectivity index (χ3v) is 6.04. The molecule has 1 unspecified atom stereocenters. The van der Waals surface area contributed by atoms with E-state index in [1.54, 1.807) is 6.20 Å². The highest BCUT2D eigenvalue weighted by atomic mass is 79.9. The molecule has 4 rings (SSSR count). The highest BCUT2D eigenvalue weighted by molar-refractivity contribution is 9.10. The van der Waals surface area contributed by atoms with E-state index in [0.29, 0.717) is 0 Å². The lowest BCUT2D eigenvalue weighted by molar-refractivity contribution is 0.249. The topological polar surface area (TPSA) is 62.2 Å². The van der Waals surface area contributed by atoms with E-state index in [4.69, 9.17) is 0 Å². The van der Waals surface area contributed by atoms with Crippen LogP contribution in [0.15, 0.2) is 59.2 Å². The van der Waals surface area contributed by atoms with Gasteiger partial charge in [0, 0.05) is 37.1 Å². The summed E-state index contributed by atoms with van der Waals surface area (Å²) in [5, 5.41) is 10.4. The summed E-state index contributed by atoms with van der Waals surface area (Å²) in [4.78, 5) is 15.1. The van der Waals surface area contributed by atoms with Crippen LogP contribution in [-0.2, 0) is 7.05 Å². The second kappa shape index (κ2) is 8.92. The van der Waals surface area contributed by atoms with Crippen molar-refractivity contribution in [3.05, 3.63) is 64.8 Å². The van der Waals surface area contributed by atoms with Gasteiger partial charge in [0.25, 0.3) is 0 Å². The van der Waals surface area contributed by atoms with Crippen LogP contribution in [0, 0.1) is 0 Å². The lowest BCUT2D eigenvalue weighted by Gasteiger charge is -2.21. The summed E-state index contributed by atoms with van der Waals surface area (Å²) in [6.07, 6.45) is 4.17. The number of nitrogens with one attached hydrogen (secondary N) is 2. The number of urea groups is 1. The molecule has 30 heavy (non-hydrogen) atoms. The van der Waals surface area contributed by atoms with Gasteiger partial charge in [-0.25, -0.2) is 4.79 Å². The number of aromatic nitrogens is 2. The minimum Gasteiger partial charge on any atom is -0.371 e. The Bertz CT molecular complexity index is 1010. The quantitative estimate of drug-likeness (QED) is 0.532. The molecule has 1 saturated heterocycles. The Morgan fingerprint density at radius 1 is 1.13 bits per heavy atom. The SMILES string of the molecule is CC(NC(=O)Nc1cc(-c2c(Br)cnn2C)cc(N2CCCC2)c1)c1ccccc1. The van der Waals surface area contributed by atoms with Gasteiger partial charge in [-0.3, -0.25) is 4.68 Å². The fourth-order valence-corrected chi connectivity index (χ4v) is 4.48. The van der Waals surface area contributed by atoms with Gasteiger partial charge < -0.3 is 15.5 Å². The third-order valence-electron chi connectivity index (χ3n) is 5.46. The largest absolute Gasteiger partial charge is 0.371 e. The van der Waals surface area contributed by atoms with Gasteiger partial charge in [-0.2, -0.15) is 5.10 Å². The smallest absolute Gasteiger partial charge is 0.319 e. The predicted octanol–water partition coefficient (Wildman–Crippen LogP) is 5.33. The Kier molecular flexibility index (Phi) is 6.08. The number of aryl methyl sites for hydroxylation is 1. The monoisotopic (exact) mass is 467 g/mol. The zero-order chi connectivity index (χ0) is 21.1. The van der Waals surface area contributed by atoms with E-state index in [1.165, 1.54) is 12.8 Å². The molecular weight excluding hydrogens is 442 g/mol. The van der Waals surface area contributed by atoms with Crippen LogP contribution in [0.5, 0.6) is 0 Å². The second-order valence-corrected chi connectivity index (χ2v) is 8.51. The summed E-state index contributed by atoms with van der Waals surface area (Å²) in [6.45, 7) is 4.05. The van der Waals surface area contributed by atoms with Crippen LogP contribution >= 0.6 is 15.9 Å². The zero-order valence-corrected chi connectivity index (χ0v) is 18.8. The first kappa shape index (κ1) is 20.5. The number of halogens is 1. The third kappa shape index (κ3) is 4.51. The molecule has 0 spiro atoms. The number of rotatable bonds is 5. The van der Waals surface area contributed by atoms with Gasteiger partial charge >= 0.3 is 6.03 Å². The Morgan fingerprint density at radius 3 is 2.53 bits per heavy atom. The molecule has 1 aromatic heterocycles. The minimum absolute atomic E-state index is 0.0846. The van der Waals surface area contributed by atoms with Crippen LogP contribution in [0.2, 0.25) is 0 Å². The van der Waals surface area contributed by atoms with Crippen molar-refractivity contribution in [3.63, 3.8) is 0 Å². The van der Waals surface area contributed by atoms with Crippen LogP contribution in [0.1, 0.15) is 31.4 Å². The van der Waals surface area contributed by atoms with Crippen LogP contribution in [0.4, 0.5) is 16.2 Å². The van der Waals surface area contributed by atoms with Gasteiger partial charge in [-0.05, 0) is 59.5 Å². The van der Waals surface area contributed by atoms with E-state index in [2.05, 4.69) is 42.6 Å². The fourth-order valence-electron chi connectivity index (χ4n) is 3.90. The number of carbonyl (C=O) groups excluding carboxylic acids is 1.